The van der Waals surface area contributed by atoms with Gasteiger partial charge in [0.1, 0.15) is 0 Å². The first-order valence-corrected chi connectivity index (χ1v) is 2.36. The SMILES string of the molecule is C=CC/C(F)=C(\F)Cl. The first kappa shape index (κ1) is 7.63. The van der Waals surface area contributed by atoms with E-state index in [1.807, 2.05) is 0 Å². The van der Waals surface area contributed by atoms with Gasteiger partial charge in [0.15, 0.2) is 5.83 Å². The van der Waals surface area contributed by atoms with Crippen LogP contribution in [0.1, 0.15) is 6.42 Å². The van der Waals surface area contributed by atoms with E-state index >= 15 is 0 Å². The summed E-state index contributed by atoms with van der Waals surface area (Å²) in [7, 11) is 0. The lowest BCUT2D eigenvalue weighted by Crippen LogP contribution is -1.69. The molecule has 0 amide bonds. The minimum Gasteiger partial charge on any atom is -0.207 e. The molecule has 0 spiro atoms. The van der Waals surface area contributed by atoms with E-state index < -0.39 is 11.1 Å². The van der Waals surface area contributed by atoms with E-state index in [4.69, 9.17) is 0 Å². The van der Waals surface area contributed by atoms with Gasteiger partial charge in [-0.15, -0.1) is 6.58 Å². The molecule has 0 rings (SSSR count). The molecule has 0 bridgehead atoms. The van der Waals surface area contributed by atoms with Gasteiger partial charge in [0.2, 0.25) is 5.29 Å². The van der Waals surface area contributed by atoms with Gasteiger partial charge in [0.05, 0.1) is 0 Å². The van der Waals surface area contributed by atoms with Crippen molar-refractivity contribution in [3.63, 3.8) is 0 Å². The van der Waals surface area contributed by atoms with Gasteiger partial charge < -0.3 is 0 Å². The largest absolute Gasteiger partial charge is 0.220 e. The van der Waals surface area contributed by atoms with Crippen LogP contribution in [0.25, 0.3) is 0 Å². The molecule has 46 valence electrons. The van der Waals surface area contributed by atoms with E-state index in [2.05, 4.69) is 18.2 Å². The van der Waals surface area contributed by atoms with Crippen molar-refractivity contribution in [1.29, 1.82) is 0 Å². The highest BCUT2D eigenvalue weighted by Crippen LogP contribution is 2.14. The van der Waals surface area contributed by atoms with Gasteiger partial charge >= 0.3 is 0 Å². The molecule has 0 aromatic heterocycles. The van der Waals surface area contributed by atoms with Crippen LogP contribution in [0, 0.1) is 0 Å². The molecule has 0 heterocycles. The van der Waals surface area contributed by atoms with Crippen LogP contribution in [-0.2, 0) is 0 Å². The normalized spacial score (nSPS) is 12.9. The predicted molar refractivity (Wildman–Crippen MR) is 29.9 cm³/mol. The highest BCUT2D eigenvalue weighted by molar-refractivity contribution is 6.28. The summed E-state index contributed by atoms with van der Waals surface area (Å²) < 4.78 is 23.3. The number of halogens is 3. The van der Waals surface area contributed by atoms with Gasteiger partial charge in [-0.25, -0.2) is 4.39 Å². The number of rotatable bonds is 2. The van der Waals surface area contributed by atoms with Gasteiger partial charge in [0.25, 0.3) is 0 Å². The van der Waals surface area contributed by atoms with Crippen LogP contribution in [0.15, 0.2) is 23.8 Å². The maximum atomic E-state index is 11.8. The summed E-state index contributed by atoms with van der Waals surface area (Å²) in [6.45, 7) is 3.18. The van der Waals surface area contributed by atoms with Crippen molar-refractivity contribution in [1.82, 2.24) is 0 Å². The first-order chi connectivity index (χ1) is 3.68. The van der Waals surface area contributed by atoms with Crippen molar-refractivity contribution in [2.45, 2.75) is 6.42 Å². The minimum absolute atomic E-state index is 0.144. The second-order valence-corrected chi connectivity index (χ2v) is 1.49. The van der Waals surface area contributed by atoms with Crippen LogP contribution in [-0.4, -0.2) is 0 Å². The fourth-order valence-corrected chi connectivity index (χ4v) is 0.281. The fraction of sp³-hybridized carbons (Fsp3) is 0.200. The van der Waals surface area contributed by atoms with E-state index in [-0.39, 0.29) is 6.42 Å². The van der Waals surface area contributed by atoms with Gasteiger partial charge in [-0.1, -0.05) is 6.08 Å². The summed E-state index contributed by atoms with van der Waals surface area (Å²) in [6.07, 6.45) is 1.09. The summed E-state index contributed by atoms with van der Waals surface area (Å²) in [4.78, 5) is 0. The molecule has 0 fully saturated rings. The van der Waals surface area contributed by atoms with Gasteiger partial charge in [-0.05, 0) is 11.6 Å². The van der Waals surface area contributed by atoms with Crippen LogP contribution in [0.4, 0.5) is 8.78 Å². The van der Waals surface area contributed by atoms with E-state index in [0.717, 1.165) is 0 Å². The van der Waals surface area contributed by atoms with Crippen LogP contribution < -0.4 is 0 Å². The van der Waals surface area contributed by atoms with Crippen molar-refractivity contribution >= 4 is 11.6 Å². The van der Waals surface area contributed by atoms with E-state index in [1.165, 1.54) is 6.08 Å². The number of hydrogen-bond donors (Lipinski definition) is 0. The molecular weight excluding hydrogens is 134 g/mol. The Bertz CT molecular complexity index is 114. The average molecular weight is 139 g/mol. The second-order valence-electron chi connectivity index (χ2n) is 1.16. The molecule has 3 heteroatoms. The summed E-state index contributed by atoms with van der Waals surface area (Å²) in [5.41, 5.74) is 0. The Morgan fingerprint density at radius 3 is 2.25 bits per heavy atom. The van der Waals surface area contributed by atoms with Crippen LogP contribution in [0.5, 0.6) is 0 Å². The quantitative estimate of drug-likeness (QED) is 0.515. The molecule has 0 nitrogen and oxygen atoms in total. The predicted octanol–water partition coefficient (Wildman–Crippen LogP) is 2.91. The van der Waals surface area contributed by atoms with E-state index in [0.29, 0.717) is 0 Å². The zero-order valence-corrected chi connectivity index (χ0v) is 4.88. The Morgan fingerprint density at radius 2 is 2.12 bits per heavy atom. The second kappa shape index (κ2) is 3.61. The molecule has 0 unspecified atom stereocenters. The van der Waals surface area contributed by atoms with Crippen molar-refractivity contribution in [3.8, 4) is 0 Å². The molecule has 0 aliphatic rings. The van der Waals surface area contributed by atoms with Crippen LogP contribution >= 0.6 is 11.6 Å². The Balaban J connectivity index is 3.79. The third-order valence-corrected chi connectivity index (χ3v) is 0.734. The average Bonchev–Trinajstić information content (AvgIpc) is 1.67. The van der Waals surface area contributed by atoms with Crippen molar-refractivity contribution in [3.05, 3.63) is 23.8 Å². The smallest absolute Gasteiger partial charge is 0.207 e. The Labute approximate surface area is 51.5 Å². The third-order valence-electron chi connectivity index (χ3n) is 0.529. The number of allylic oxidation sites excluding steroid dienone is 2. The standard InChI is InChI=1S/C5H5ClF2/c1-2-3-4(7)5(6)8/h2H,1,3H2/b5-4+. The molecule has 0 saturated heterocycles. The molecular formula is C5H5ClF2. The third kappa shape index (κ3) is 2.75. The molecule has 0 N–H and O–H groups in total. The lowest BCUT2D eigenvalue weighted by atomic mass is 10.4. The van der Waals surface area contributed by atoms with E-state index in [9.17, 15) is 8.78 Å². The molecule has 0 radical (unpaired) electrons. The fourth-order valence-electron chi connectivity index (χ4n) is 0.204. The molecule has 0 aliphatic heterocycles. The molecule has 8 heavy (non-hydrogen) atoms. The van der Waals surface area contributed by atoms with Crippen LogP contribution in [0.3, 0.4) is 0 Å². The summed E-state index contributed by atoms with van der Waals surface area (Å²) in [6, 6.07) is 0. The maximum absolute atomic E-state index is 11.8. The minimum atomic E-state index is -1.29. The zero-order chi connectivity index (χ0) is 6.57. The molecule has 0 atom stereocenters. The summed E-state index contributed by atoms with van der Waals surface area (Å²) in [5.74, 6) is -0.971. The Hall–Kier alpha value is -0.370. The Kier molecular flexibility index (Phi) is 3.44. The summed E-state index contributed by atoms with van der Waals surface area (Å²) in [5, 5.41) is -1.29. The van der Waals surface area contributed by atoms with Crippen molar-refractivity contribution in [2.24, 2.45) is 0 Å². The van der Waals surface area contributed by atoms with E-state index in [1.54, 1.807) is 0 Å². The highest BCUT2D eigenvalue weighted by atomic mass is 35.5. The van der Waals surface area contributed by atoms with Gasteiger partial charge in [-0.3, -0.25) is 0 Å². The van der Waals surface area contributed by atoms with Crippen LogP contribution in [0.2, 0.25) is 0 Å². The molecule has 0 aliphatic carbocycles. The zero-order valence-electron chi connectivity index (χ0n) is 4.13. The van der Waals surface area contributed by atoms with Gasteiger partial charge in [0, 0.05) is 6.42 Å². The molecule has 0 aromatic rings. The van der Waals surface area contributed by atoms with Crippen molar-refractivity contribution in [2.75, 3.05) is 0 Å². The topological polar surface area (TPSA) is 0 Å². The maximum Gasteiger partial charge on any atom is 0.220 e. The number of hydrogen-bond acceptors (Lipinski definition) is 0. The molecule has 0 saturated carbocycles. The van der Waals surface area contributed by atoms with Crippen molar-refractivity contribution < 1.29 is 8.78 Å². The lowest BCUT2D eigenvalue weighted by molar-refractivity contribution is 0.555. The first-order valence-electron chi connectivity index (χ1n) is 1.99. The Morgan fingerprint density at radius 1 is 1.62 bits per heavy atom. The monoisotopic (exact) mass is 138 g/mol. The highest BCUT2D eigenvalue weighted by Gasteiger charge is 1.97. The summed E-state index contributed by atoms with van der Waals surface area (Å²) >= 11 is 4.60. The van der Waals surface area contributed by atoms with Gasteiger partial charge in [-0.2, -0.15) is 4.39 Å². The molecule has 0 aromatic carbocycles. The lowest BCUT2D eigenvalue weighted by Gasteiger charge is -1.85.